The third kappa shape index (κ3) is 2.38. The topological polar surface area (TPSA) is 22.4 Å². The van der Waals surface area contributed by atoms with Crippen LogP contribution in [0.1, 0.15) is 33.0 Å². The molecule has 0 amide bonds. The standard InChI is InChI=1S/C14H18O2/c1-11-10-14(2,3)13(16-11)8-4-6-12-7-5-9-15-12/h4-7,9-10,13H,8H2,1-3H3/b6-4+. The molecule has 86 valence electrons. The Bertz CT molecular complexity index is 396. The van der Waals surface area contributed by atoms with E-state index in [1.54, 1.807) is 6.26 Å². The van der Waals surface area contributed by atoms with Crippen LogP contribution in [0, 0.1) is 5.41 Å². The summed E-state index contributed by atoms with van der Waals surface area (Å²) in [7, 11) is 0. The Balaban J connectivity index is 1.93. The average Bonchev–Trinajstić information content (AvgIpc) is 2.75. The van der Waals surface area contributed by atoms with Gasteiger partial charge in [-0.2, -0.15) is 0 Å². The predicted molar refractivity (Wildman–Crippen MR) is 64.8 cm³/mol. The highest BCUT2D eigenvalue weighted by Crippen LogP contribution is 2.36. The fourth-order valence-electron chi connectivity index (χ4n) is 2.07. The van der Waals surface area contributed by atoms with Crippen molar-refractivity contribution in [2.45, 2.75) is 33.3 Å². The maximum absolute atomic E-state index is 5.78. The van der Waals surface area contributed by atoms with Gasteiger partial charge in [-0.15, -0.1) is 0 Å². The van der Waals surface area contributed by atoms with Crippen LogP contribution in [0.25, 0.3) is 6.08 Å². The molecule has 0 saturated heterocycles. The van der Waals surface area contributed by atoms with Crippen molar-refractivity contribution in [2.24, 2.45) is 5.41 Å². The Morgan fingerprint density at radius 1 is 1.44 bits per heavy atom. The molecule has 2 heterocycles. The summed E-state index contributed by atoms with van der Waals surface area (Å²) < 4.78 is 11.0. The Morgan fingerprint density at radius 3 is 2.81 bits per heavy atom. The molecule has 1 aliphatic rings. The van der Waals surface area contributed by atoms with Gasteiger partial charge in [-0.05, 0) is 31.2 Å². The van der Waals surface area contributed by atoms with E-state index in [0.29, 0.717) is 0 Å². The van der Waals surface area contributed by atoms with Crippen molar-refractivity contribution in [2.75, 3.05) is 0 Å². The van der Waals surface area contributed by atoms with Crippen molar-refractivity contribution in [3.05, 3.63) is 42.1 Å². The molecule has 2 nitrogen and oxygen atoms in total. The SMILES string of the molecule is CC1=CC(C)(C)C(C/C=C/c2ccco2)O1. The Labute approximate surface area is 96.6 Å². The van der Waals surface area contributed by atoms with Crippen LogP contribution in [-0.2, 0) is 4.74 Å². The molecule has 1 aromatic rings. The molecule has 2 heteroatoms. The second-order valence-electron chi connectivity index (χ2n) is 4.84. The highest BCUT2D eigenvalue weighted by Gasteiger charge is 2.33. The van der Waals surface area contributed by atoms with Gasteiger partial charge in [0.25, 0.3) is 0 Å². The van der Waals surface area contributed by atoms with Crippen LogP contribution in [0.15, 0.2) is 40.7 Å². The number of furan rings is 1. The molecule has 0 fully saturated rings. The molecule has 0 bridgehead atoms. The molecule has 0 radical (unpaired) electrons. The molecule has 0 N–H and O–H groups in total. The zero-order valence-corrected chi connectivity index (χ0v) is 10.1. The average molecular weight is 218 g/mol. The lowest BCUT2D eigenvalue weighted by Crippen LogP contribution is -2.23. The summed E-state index contributed by atoms with van der Waals surface area (Å²) in [6.07, 6.45) is 9.12. The van der Waals surface area contributed by atoms with Crippen LogP contribution in [0.2, 0.25) is 0 Å². The van der Waals surface area contributed by atoms with Gasteiger partial charge >= 0.3 is 0 Å². The monoisotopic (exact) mass is 218 g/mol. The molecular weight excluding hydrogens is 200 g/mol. The maximum Gasteiger partial charge on any atom is 0.126 e. The van der Waals surface area contributed by atoms with Gasteiger partial charge in [-0.1, -0.05) is 19.9 Å². The van der Waals surface area contributed by atoms with Crippen molar-refractivity contribution in [3.8, 4) is 0 Å². The zero-order chi connectivity index (χ0) is 11.6. The third-order valence-corrected chi connectivity index (χ3v) is 2.91. The second kappa shape index (κ2) is 4.20. The van der Waals surface area contributed by atoms with E-state index in [1.165, 1.54) is 0 Å². The van der Waals surface area contributed by atoms with Crippen LogP contribution in [0.4, 0.5) is 0 Å². The van der Waals surface area contributed by atoms with Crippen molar-refractivity contribution in [3.63, 3.8) is 0 Å². The molecule has 1 aliphatic heterocycles. The summed E-state index contributed by atoms with van der Waals surface area (Å²) in [5.41, 5.74) is 0.123. The van der Waals surface area contributed by atoms with Gasteiger partial charge in [0.1, 0.15) is 11.9 Å². The fourth-order valence-corrected chi connectivity index (χ4v) is 2.07. The molecule has 0 spiro atoms. The van der Waals surface area contributed by atoms with E-state index in [2.05, 4.69) is 26.0 Å². The van der Waals surface area contributed by atoms with E-state index in [4.69, 9.17) is 9.15 Å². The van der Waals surface area contributed by atoms with Crippen molar-refractivity contribution >= 4 is 6.08 Å². The summed E-state index contributed by atoms with van der Waals surface area (Å²) >= 11 is 0. The van der Waals surface area contributed by atoms with Gasteiger partial charge in [0, 0.05) is 11.8 Å². The van der Waals surface area contributed by atoms with Crippen molar-refractivity contribution in [1.82, 2.24) is 0 Å². The number of hydrogen-bond acceptors (Lipinski definition) is 2. The molecule has 1 aromatic heterocycles. The largest absolute Gasteiger partial charge is 0.494 e. The molecule has 16 heavy (non-hydrogen) atoms. The summed E-state index contributed by atoms with van der Waals surface area (Å²) in [6.45, 7) is 6.42. The maximum atomic E-state index is 5.78. The van der Waals surface area contributed by atoms with Crippen LogP contribution in [0.3, 0.4) is 0 Å². The molecule has 2 rings (SSSR count). The number of allylic oxidation sites excluding steroid dienone is 1. The van der Waals surface area contributed by atoms with E-state index in [-0.39, 0.29) is 11.5 Å². The first-order chi connectivity index (χ1) is 7.58. The van der Waals surface area contributed by atoms with Gasteiger partial charge in [-0.3, -0.25) is 0 Å². The van der Waals surface area contributed by atoms with E-state index in [0.717, 1.165) is 17.9 Å². The van der Waals surface area contributed by atoms with E-state index in [1.807, 2.05) is 25.1 Å². The fraction of sp³-hybridized carbons (Fsp3) is 0.429. The summed E-state index contributed by atoms with van der Waals surface area (Å²) in [6, 6.07) is 3.84. The molecule has 0 aromatic carbocycles. The smallest absolute Gasteiger partial charge is 0.126 e. The van der Waals surface area contributed by atoms with Crippen LogP contribution in [-0.4, -0.2) is 6.10 Å². The van der Waals surface area contributed by atoms with Gasteiger partial charge in [0.05, 0.1) is 12.0 Å². The number of hydrogen-bond donors (Lipinski definition) is 0. The Hall–Kier alpha value is -1.44. The Morgan fingerprint density at radius 2 is 2.25 bits per heavy atom. The van der Waals surface area contributed by atoms with E-state index >= 15 is 0 Å². The normalized spacial score (nSPS) is 23.4. The summed E-state index contributed by atoms with van der Waals surface area (Å²) in [4.78, 5) is 0. The first kappa shape index (κ1) is 11.1. The highest BCUT2D eigenvalue weighted by molar-refractivity contribution is 5.42. The van der Waals surface area contributed by atoms with Gasteiger partial charge in [0.15, 0.2) is 0 Å². The minimum atomic E-state index is 0.123. The van der Waals surface area contributed by atoms with Crippen LogP contribution in [0.5, 0.6) is 0 Å². The first-order valence-electron chi connectivity index (χ1n) is 5.64. The highest BCUT2D eigenvalue weighted by atomic mass is 16.5. The lowest BCUT2D eigenvalue weighted by atomic mass is 9.86. The van der Waals surface area contributed by atoms with E-state index < -0.39 is 0 Å². The molecule has 1 unspecified atom stereocenters. The quantitative estimate of drug-likeness (QED) is 0.764. The summed E-state index contributed by atoms with van der Waals surface area (Å²) in [5.74, 6) is 1.92. The summed E-state index contributed by atoms with van der Waals surface area (Å²) in [5, 5.41) is 0. The molecule has 1 atom stereocenters. The number of ether oxygens (including phenoxy) is 1. The lowest BCUT2D eigenvalue weighted by Gasteiger charge is -2.23. The first-order valence-corrected chi connectivity index (χ1v) is 5.64. The third-order valence-electron chi connectivity index (χ3n) is 2.91. The Kier molecular flexibility index (Phi) is 2.90. The predicted octanol–water partition coefficient (Wildman–Crippen LogP) is 4.01. The molecule has 0 saturated carbocycles. The van der Waals surface area contributed by atoms with Crippen LogP contribution >= 0.6 is 0 Å². The van der Waals surface area contributed by atoms with Gasteiger partial charge in [-0.25, -0.2) is 0 Å². The second-order valence-corrected chi connectivity index (χ2v) is 4.84. The molecule has 0 aliphatic carbocycles. The van der Waals surface area contributed by atoms with Gasteiger partial charge in [0.2, 0.25) is 0 Å². The zero-order valence-electron chi connectivity index (χ0n) is 10.1. The lowest BCUT2D eigenvalue weighted by molar-refractivity contribution is 0.0817. The minimum absolute atomic E-state index is 0.123. The van der Waals surface area contributed by atoms with Crippen molar-refractivity contribution in [1.29, 1.82) is 0 Å². The van der Waals surface area contributed by atoms with E-state index in [9.17, 15) is 0 Å². The van der Waals surface area contributed by atoms with Crippen LogP contribution < -0.4 is 0 Å². The molecular formula is C14H18O2. The van der Waals surface area contributed by atoms with Crippen molar-refractivity contribution < 1.29 is 9.15 Å². The minimum Gasteiger partial charge on any atom is -0.494 e. The van der Waals surface area contributed by atoms with Gasteiger partial charge < -0.3 is 9.15 Å². The number of rotatable bonds is 3.